The van der Waals surface area contributed by atoms with Crippen molar-refractivity contribution in [3.05, 3.63) is 53.6 Å². The molecule has 1 atom stereocenters. The van der Waals surface area contributed by atoms with Crippen LogP contribution in [-0.2, 0) is 7.05 Å². The molecule has 1 aromatic carbocycles. The largest absolute Gasteiger partial charge is 0.494 e. The van der Waals surface area contributed by atoms with E-state index in [0.717, 1.165) is 0 Å². The first-order valence-electron chi connectivity index (χ1n) is 6.28. The molecule has 2 aromatic rings. The van der Waals surface area contributed by atoms with Crippen molar-refractivity contribution >= 4 is 5.91 Å². The van der Waals surface area contributed by atoms with Gasteiger partial charge in [-0.25, -0.2) is 4.39 Å². The number of nitrogens with one attached hydrogen (secondary N) is 1. The zero-order valence-corrected chi connectivity index (χ0v) is 11.7. The van der Waals surface area contributed by atoms with Crippen molar-refractivity contribution in [2.24, 2.45) is 7.05 Å². The van der Waals surface area contributed by atoms with Gasteiger partial charge < -0.3 is 14.6 Å². The van der Waals surface area contributed by atoms with Crippen molar-refractivity contribution in [2.75, 3.05) is 7.11 Å². The summed E-state index contributed by atoms with van der Waals surface area (Å²) >= 11 is 0. The minimum absolute atomic E-state index is 0.190. The van der Waals surface area contributed by atoms with E-state index in [1.807, 2.05) is 6.92 Å². The molecular weight excluding hydrogens is 259 g/mol. The first kappa shape index (κ1) is 14.1. The van der Waals surface area contributed by atoms with Crippen LogP contribution in [0.2, 0.25) is 0 Å². The first-order valence-corrected chi connectivity index (χ1v) is 6.28. The number of carbonyl (C=O) groups is 1. The lowest BCUT2D eigenvalue weighted by atomic mass is 10.1. The van der Waals surface area contributed by atoms with Gasteiger partial charge in [-0.05, 0) is 36.8 Å². The number of carbonyl (C=O) groups excluding carboxylic acids is 1. The summed E-state index contributed by atoms with van der Waals surface area (Å²) in [5, 5.41) is 2.84. The van der Waals surface area contributed by atoms with Gasteiger partial charge in [-0.2, -0.15) is 0 Å². The quantitative estimate of drug-likeness (QED) is 0.933. The lowest BCUT2D eigenvalue weighted by molar-refractivity contribution is 0.0931. The molecule has 0 bridgehead atoms. The second-order valence-electron chi connectivity index (χ2n) is 4.59. The average Bonchev–Trinajstić information content (AvgIpc) is 2.84. The van der Waals surface area contributed by atoms with E-state index < -0.39 is 5.82 Å². The topological polar surface area (TPSA) is 43.3 Å². The fraction of sp³-hybridized carbons (Fsp3) is 0.267. The van der Waals surface area contributed by atoms with Gasteiger partial charge in [-0.1, -0.05) is 6.07 Å². The molecule has 1 aromatic heterocycles. The van der Waals surface area contributed by atoms with Crippen molar-refractivity contribution in [1.29, 1.82) is 0 Å². The number of aryl methyl sites for hydroxylation is 1. The van der Waals surface area contributed by atoms with E-state index in [0.29, 0.717) is 11.3 Å². The Morgan fingerprint density at radius 3 is 2.70 bits per heavy atom. The Morgan fingerprint density at radius 2 is 2.15 bits per heavy atom. The fourth-order valence-electron chi connectivity index (χ4n) is 2.00. The third-order valence-electron chi connectivity index (χ3n) is 3.20. The second kappa shape index (κ2) is 5.77. The minimum atomic E-state index is -0.440. The Hall–Kier alpha value is -2.30. The highest BCUT2D eigenvalue weighted by atomic mass is 19.1. The molecule has 0 unspecified atom stereocenters. The summed E-state index contributed by atoms with van der Waals surface area (Å²) in [7, 11) is 3.21. The SMILES string of the molecule is COc1ccc([C@H](C)NC(=O)c2cccn2C)cc1F. The fourth-order valence-corrected chi connectivity index (χ4v) is 2.00. The maximum Gasteiger partial charge on any atom is 0.268 e. The number of nitrogens with zero attached hydrogens (tertiary/aromatic N) is 1. The van der Waals surface area contributed by atoms with Crippen LogP contribution in [0.4, 0.5) is 4.39 Å². The molecular formula is C15H17FN2O2. The normalized spacial score (nSPS) is 12.0. The van der Waals surface area contributed by atoms with Crippen LogP contribution in [0.3, 0.4) is 0 Å². The number of ether oxygens (including phenoxy) is 1. The van der Waals surface area contributed by atoms with Gasteiger partial charge in [-0.3, -0.25) is 4.79 Å². The number of amides is 1. The van der Waals surface area contributed by atoms with Gasteiger partial charge in [0.2, 0.25) is 0 Å². The van der Waals surface area contributed by atoms with Crippen LogP contribution in [0.15, 0.2) is 36.5 Å². The van der Waals surface area contributed by atoms with Crippen LogP contribution in [0.1, 0.15) is 29.0 Å². The van der Waals surface area contributed by atoms with E-state index >= 15 is 0 Å². The highest BCUT2D eigenvalue weighted by molar-refractivity contribution is 5.92. The molecule has 106 valence electrons. The van der Waals surface area contributed by atoms with E-state index in [4.69, 9.17) is 4.74 Å². The number of aromatic nitrogens is 1. The van der Waals surface area contributed by atoms with E-state index in [2.05, 4.69) is 5.32 Å². The number of rotatable bonds is 4. The molecule has 2 rings (SSSR count). The van der Waals surface area contributed by atoms with E-state index in [1.165, 1.54) is 13.2 Å². The molecule has 5 heteroatoms. The van der Waals surface area contributed by atoms with Crippen LogP contribution in [0.5, 0.6) is 5.75 Å². The number of methoxy groups -OCH3 is 1. The molecule has 20 heavy (non-hydrogen) atoms. The van der Waals surface area contributed by atoms with Crippen LogP contribution in [0, 0.1) is 5.82 Å². The Labute approximate surface area is 117 Å². The van der Waals surface area contributed by atoms with Gasteiger partial charge in [0.1, 0.15) is 5.69 Å². The smallest absolute Gasteiger partial charge is 0.268 e. The zero-order chi connectivity index (χ0) is 14.7. The lowest BCUT2D eigenvalue weighted by Gasteiger charge is -2.15. The second-order valence-corrected chi connectivity index (χ2v) is 4.59. The Morgan fingerprint density at radius 1 is 1.40 bits per heavy atom. The summed E-state index contributed by atoms with van der Waals surface area (Å²) in [6.45, 7) is 1.81. The van der Waals surface area contributed by atoms with Crippen molar-refractivity contribution in [3.63, 3.8) is 0 Å². The molecule has 0 aliphatic heterocycles. The summed E-state index contributed by atoms with van der Waals surface area (Å²) in [4.78, 5) is 12.1. The first-order chi connectivity index (χ1) is 9.52. The average molecular weight is 276 g/mol. The molecule has 1 amide bonds. The highest BCUT2D eigenvalue weighted by Gasteiger charge is 2.15. The van der Waals surface area contributed by atoms with Crippen LogP contribution < -0.4 is 10.1 Å². The zero-order valence-electron chi connectivity index (χ0n) is 11.7. The minimum Gasteiger partial charge on any atom is -0.494 e. The molecule has 0 aliphatic carbocycles. The maximum absolute atomic E-state index is 13.6. The molecule has 1 N–H and O–H groups in total. The Bertz CT molecular complexity index is 622. The van der Waals surface area contributed by atoms with Gasteiger partial charge in [0.15, 0.2) is 11.6 Å². The number of halogens is 1. The third-order valence-corrected chi connectivity index (χ3v) is 3.20. The van der Waals surface area contributed by atoms with Crippen molar-refractivity contribution in [1.82, 2.24) is 9.88 Å². The summed E-state index contributed by atoms with van der Waals surface area (Å²) in [6, 6.07) is 7.89. The third kappa shape index (κ3) is 2.82. The Kier molecular flexibility index (Phi) is 4.08. The molecule has 0 spiro atoms. The van der Waals surface area contributed by atoms with Crippen molar-refractivity contribution in [2.45, 2.75) is 13.0 Å². The van der Waals surface area contributed by atoms with E-state index in [-0.39, 0.29) is 17.7 Å². The summed E-state index contributed by atoms with van der Waals surface area (Å²) in [5.41, 5.74) is 1.25. The van der Waals surface area contributed by atoms with Gasteiger partial charge in [0, 0.05) is 13.2 Å². The highest BCUT2D eigenvalue weighted by Crippen LogP contribution is 2.21. The molecule has 0 fully saturated rings. The standard InChI is InChI=1S/C15H17FN2O2/c1-10(11-6-7-14(20-3)12(16)9-11)17-15(19)13-5-4-8-18(13)2/h4-10H,1-3H3,(H,17,19)/t10-/m0/s1. The molecule has 0 aliphatic rings. The van der Waals surface area contributed by atoms with Gasteiger partial charge >= 0.3 is 0 Å². The number of benzene rings is 1. The van der Waals surface area contributed by atoms with E-state index in [1.54, 1.807) is 42.1 Å². The molecule has 0 saturated carbocycles. The van der Waals surface area contributed by atoms with Gasteiger partial charge in [-0.15, -0.1) is 0 Å². The molecule has 4 nitrogen and oxygen atoms in total. The maximum atomic E-state index is 13.6. The predicted octanol–water partition coefficient (Wildman–Crippen LogP) is 2.66. The lowest BCUT2D eigenvalue weighted by Crippen LogP contribution is -2.28. The van der Waals surface area contributed by atoms with Crippen LogP contribution in [0.25, 0.3) is 0 Å². The predicted molar refractivity (Wildman–Crippen MR) is 74.2 cm³/mol. The van der Waals surface area contributed by atoms with Crippen LogP contribution in [-0.4, -0.2) is 17.6 Å². The van der Waals surface area contributed by atoms with Crippen LogP contribution >= 0.6 is 0 Å². The molecule has 1 heterocycles. The molecule has 0 saturated heterocycles. The Balaban J connectivity index is 2.12. The molecule has 0 radical (unpaired) electrons. The monoisotopic (exact) mass is 276 g/mol. The number of hydrogen-bond acceptors (Lipinski definition) is 2. The summed E-state index contributed by atoms with van der Waals surface area (Å²) < 4.78 is 20.2. The summed E-state index contributed by atoms with van der Waals surface area (Å²) in [6.07, 6.45) is 1.80. The van der Waals surface area contributed by atoms with Crippen molar-refractivity contribution in [3.8, 4) is 5.75 Å². The van der Waals surface area contributed by atoms with E-state index in [9.17, 15) is 9.18 Å². The van der Waals surface area contributed by atoms with Crippen molar-refractivity contribution < 1.29 is 13.9 Å². The number of hydrogen-bond donors (Lipinski definition) is 1. The van der Waals surface area contributed by atoms with Gasteiger partial charge in [0.25, 0.3) is 5.91 Å². The van der Waals surface area contributed by atoms with Gasteiger partial charge in [0.05, 0.1) is 13.2 Å². The summed E-state index contributed by atoms with van der Waals surface area (Å²) in [5.74, 6) is -0.444.